The monoisotopic (exact) mass is 372 g/mol. The summed E-state index contributed by atoms with van der Waals surface area (Å²) in [6.45, 7) is 3.64. The molecule has 1 fully saturated rings. The van der Waals surface area contributed by atoms with Crippen LogP contribution < -0.4 is 0 Å². The first-order valence-corrected chi connectivity index (χ1v) is 9.96. The summed E-state index contributed by atoms with van der Waals surface area (Å²) in [5.41, 5.74) is 5.43. The van der Waals surface area contributed by atoms with Crippen LogP contribution >= 0.6 is 0 Å². The van der Waals surface area contributed by atoms with Crippen LogP contribution in [0, 0.1) is 6.92 Å². The Morgan fingerprint density at radius 2 is 2.11 bits per heavy atom. The molecule has 0 bridgehead atoms. The number of carbonyl (C=O) groups excluding carboxylic acids is 1. The number of hydrogen-bond acceptors (Lipinski definition) is 2. The molecule has 0 radical (unpaired) electrons. The number of likely N-dealkylation sites (tertiary alicyclic amines) is 1. The second-order valence-corrected chi connectivity index (χ2v) is 7.78. The Kier molecular flexibility index (Phi) is 4.15. The van der Waals surface area contributed by atoms with Gasteiger partial charge in [-0.15, -0.1) is 0 Å². The van der Waals surface area contributed by atoms with Crippen molar-refractivity contribution in [2.45, 2.75) is 32.1 Å². The van der Waals surface area contributed by atoms with E-state index in [1.807, 2.05) is 42.3 Å². The number of pyridine rings is 1. The van der Waals surface area contributed by atoms with E-state index in [1.165, 1.54) is 5.69 Å². The van der Waals surface area contributed by atoms with Crippen LogP contribution in [0.2, 0.25) is 0 Å². The van der Waals surface area contributed by atoms with Gasteiger partial charge in [0.1, 0.15) is 5.65 Å². The minimum absolute atomic E-state index is 0.212. The minimum atomic E-state index is 0.212. The highest BCUT2D eigenvalue weighted by molar-refractivity contribution is 5.88. The van der Waals surface area contributed by atoms with Gasteiger partial charge in [0.2, 0.25) is 5.91 Å². The maximum absolute atomic E-state index is 13.0. The predicted molar refractivity (Wildman–Crippen MR) is 110 cm³/mol. The Labute approximate surface area is 164 Å². The predicted octanol–water partition coefficient (Wildman–Crippen LogP) is 4.07. The number of amides is 1. The quantitative estimate of drug-likeness (QED) is 0.589. The number of rotatable bonds is 3. The molecule has 5 nitrogen and oxygen atoms in total. The van der Waals surface area contributed by atoms with Gasteiger partial charge in [-0.2, -0.15) is 0 Å². The summed E-state index contributed by atoms with van der Waals surface area (Å²) in [6.07, 6.45) is 6.66. The molecule has 0 spiro atoms. The lowest BCUT2D eigenvalue weighted by Gasteiger charge is -2.33. The summed E-state index contributed by atoms with van der Waals surface area (Å²) in [5.74, 6) is 0.557. The molecule has 28 heavy (non-hydrogen) atoms. The fraction of sp³-hybridized carbons (Fsp3) is 0.304. The number of hydrogen-bond donors (Lipinski definition) is 1. The Hall–Kier alpha value is -3.08. The van der Waals surface area contributed by atoms with Crippen molar-refractivity contribution in [1.82, 2.24) is 19.3 Å². The molecule has 0 aliphatic carbocycles. The zero-order valence-electron chi connectivity index (χ0n) is 16.1. The van der Waals surface area contributed by atoms with Crippen molar-refractivity contribution in [3.05, 3.63) is 71.8 Å². The summed E-state index contributed by atoms with van der Waals surface area (Å²) >= 11 is 0. The number of fused-ring (bicyclic) bond motifs is 2. The summed E-state index contributed by atoms with van der Waals surface area (Å²) in [5, 5.41) is 1.14. The third-order valence-electron chi connectivity index (χ3n) is 5.85. The summed E-state index contributed by atoms with van der Waals surface area (Å²) in [4.78, 5) is 22.9. The topological polar surface area (TPSA) is 53.4 Å². The van der Waals surface area contributed by atoms with Crippen LogP contribution in [-0.4, -0.2) is 38.3 Å². The van der Waals surface area contributed by atoms with Crippen LogP contribution in [0.4, 0.5) is 0 Å². The largest absolute Gasteiger partial charge is 0.361 e. The van der Waals surface area contributed by atoms with Crippen molar-refractivity contribution in [1.29, 1.82) is 0 Å². The molecule has 1 atom stereocenters. The number of carbonyl (C=O) groups is 1. The second-order valence-electron chi connectivity index (χ2n) is 7.78. The van der Waals surface area contributed by atoms with Gasteiger partial charge in [-0.25, -0.2) is 4.98 Å². The first kappa shape index (κ1) is 17.0. The van der Waals surface area contributed by atoms with Crippen molar-refractivity contribution in [3.63, 3.8) is 0 Å². The van der Waals surface area contributed by atoms with E-state index in [-0.39, 0.29) is 5.91 Å². The van der Waals surface area contributed by atoms with Gasteiger partial charge >= 0.3 is 0 Å². The molecule has 1 aliphatic rings. The highest BCUT2D eigenvalue weighted by atomic mass is 16.2. The SMILES string of the molecule is Cc1cn2c([C@@H]3CCCN(C(=O)Cc4c[nH]c5ccccc45)C3)cccc2n1. The fourth-order valence-electron chi connectivity index (χ4n) is 4.48. The van der Waals surface area contributed by atoms with E-state index in [0.29, 0.717) is 12.3 Å². The molecule has 5 rings (SSSR count). The molecular weight excluding hydrogens is 348 g/mol. The van der Waals surface area contributed by atoms with Gasteiger partial charge in [0.25, 0.3) is 0 Å². The van der Waals surface area contributed by atoms with Gasteiger partial charge in [0.05, 0.1) is 12.1 Å². The maximum Gasteiger partial charge on any atom is 0.227 e. The van der Waals surface area contributed by atoms with Crippen molar-refractivity contribution >= 4 is 22.5 Å². The lowest BCUT2D eigenvalue weighted by atomic mass is 9.93. The van der Waals surface area contributed by atoms with Crippen LogP contribution in [0.5, 0.6) is 0 Å². The molecule has 0 unspecified atom stereocenters. The molecule has 0 saturated carbocycles. The highest BCUT2D eigenvalue weighted by Gasteiger charge is 2.26. The van der Waals surface area contributed by atoms with E-state index in [0.717, 1.165) is 53.7 Å². The molecule has 4 aromatic rings. The Morgan fingerprint density at radius 1 is 1.21 bits per heavy atom. The number of imidazole rings is 1. The highest BCUT2D eigenvalue weighted by Crippen LogP contribution is 2.28. The van der Waals surface area contributed by atoms with Gasteiger partial charge in [-0.3, -0.25) is 4.79 Å². The van der Waals surface area contributed by atoms with Crippen molar-refractivity contribution in [2.24, 2.45) is 0 Å². The van der Waals surface area contributed by atoms with E-state index < -0.39 is 0 Å². The van der Waals surface area contributed by atoms with Gasteiger partial charge in [0, 0.05) is 48.0 Å². The third kappa shape index (κ3) is 2.97. The number of para-hydroxylation sites is 1. The molecule has 1 aromatic carbocycles. The number of benzene rings is 1. The normalized spacial score (nSPS) is 17.5. The zero-order valence-corrected chi connectivity index (χ0v) is 16.1. The first-order valence-electron chi connectivity index (χ1n) is 9.96. The average Bonchev–Trinajstić information content (AvgIpc) is 3.30. The van der Waals surface area contributed by atoms with Crippen LogP contribution in [0.25, 0.3) is 16.6 Å². The van der Waals surface area contributed by atoms with Gasteiger partial charge < -0.3 is 14.3 Å². The summed E-state index contributed by atoms with van der Waals surface area (Å²) in [6, 6.07) is 14.5. The summed E-state index contributed by atoms with van der Waals surface area (Å²) < 4.78 is 2.19. The number of piperidine rings is 1. The van der Waals surface area contributed by atoms with E-state index in [4.69, 9.17) is 0 Å². The molecule has 4 heterocycles. The standard InChI is InChI=1S/C23H24N4O/c1-16-14-27-21(9-4-10-22(27)25-16)17-6-5-11-26(15-17)23(28)12-18-13-24-20-8-3-2-7-19(18)20/h2-4,7-10,13-14,17,24H,5-6,11-12,15H2,1H3/t17-/m1/s1. The molecule has 142 valence electrons. The third-order valence-corrected chi connectivity index (χ3v) is 5.85. The Morgan fingerprint density at radius 3 is 3.04 bits per heavy atom. The van der Waals surface area contributed by atoms with Crippen LogP contribution in [0.15, 0.2) is 54.9 Å². The number of H-pyrrole nitrogens is 1. The molecule has 1 aliphatic heterocycles. The van der Waals surface area contributed by atoms with Gasteiger partial charge in [0.15, 0.2) is 0 Å². The molecule has 3 aromatic heterocycles. The number of aryl methyl sites for hydroxylation is 1. The van der Waals surface area contributed by atoms with Crippen LogP contribution in [0.3, 0.4) is 0 Å². The molecule has 1 amide bonds. The lowest BCUT2D eigenvalue weighted by molar-refractivity contribution is -0.131. The van der Waals surface area contributed by atoms with Gasteiger partial charge in [-0.05, 0) is 43.5 Å². The van der Waals surface area contributed by atoms with Crippen LogP contribution in [-0.2, 0) is 11.2 Å². The van der Waals surface area contributed by atoms with Gasteiger partial charge in [-0.1, -0.05) is 24.3 Å². The second kappa shape index (κ2) is 6.82. The van der Waals surface area contributed by atoms with Crippen LogP contribution in [0.1, 0.15) is 35.7 Å². The summed E-state index contributed by atoms with van der Waals surface area (Å²) in [7, 11) is 0. The Bertz CT molecular complexity index is 1160. The minimum Gasteiger partial charge on any atom is -0.361 e. The van der Waals surface area contributed by atoms with E-state index in [2.05, 4.69) is 38.8 Å². The fourth-order valence-corrected chi connectivity index (χ4v) is 4.48. The lowest BCUT2D eigenvalue weighted by Crippen LogP contribution is -2.40. The zero-order chi connectivity index (χ0) is 19.1. The molecular formula is C23H24N4O. The number of aromatic nitrogens is 3. The maximum atomic E-state index is 13.0. The van der Waals surface area contributed by atoms with E-state index >= 15 is 0 Å². The van der Waals surface area contributed by atoms with Crippen molar-refractivity contribution < 1.29 is 4.79 Å². The first-order chi connectivity index (χ1) is 13.7. The average molecular weight is 372 g/mol. The number of nitrogens with zero attached hydrogens (tertiary/aromatic N) is 3. The van der Waals surface area contributed by atoms with Crippen molar-refractivity contribution in [2.75, 3.05) is 13.1 Å². The smallest absolute Gasteiger partial charge is 0.227 e. The molecule has 5 heteroatoms. The number of aromatic amines is 1. The van der Waals surface area contributed by atoms with E-state index in [9.17, 15) is 4.79 Å². The van der Waals surface area contributed by atoms with Crippen molar-refractivity contribution in [3.8, 4) is 0 Å². The number of nitrogens with one attached hydrogen (secondary N) is 1. The van der Waals surface area contributed by atoms with E-state index in [1.54, 1.807) is 0 Å². The Balaban J connectivity index is 1.37. The molecule has 1 N–H and O–H groups in total. The molecule has 1 saturated heterocycles.